The summed E-state index contributed by atoms with van der Waals surface area (Å²) in [6, 6.07) is 13.3. The van der Waals surface area contributed by atoms with Gasteiger partial charge in [-0.3, -0.25) is 0 Å². The standard InChI is InChI=1S/C20H22/c1-5-6-7-8-18-12-11-17(4)20(14-18)19-13-15(2)9-10-16(19)3/h5-14H,1-4H3/b6-5-,8-7-. The van der Waals surface area contributed by atoms with E-state index in [1.54, 1.807) is 0 Å². The van der Waals surface area contributed by atoms with Gasteiger partial charge in [-0.1, -0.05) is 60.2 Å². The highest BCUT2D eigenvalue weighted by atomic mass is 14.1. The third-order valence-corrected chi connectivity index (χ3v) is 3.54. The lowest BCUT2D eigenvalue weighted by molar-refractivity contribution is 1.37. The molecule has 0 aromatic heterocycles. The van der Waals surface area contributed by atoms with E-state index in [-0.39, 0.29) is 0 Å². The van der Waals surface area contributed by atoms with Gasteiger partial charge < -0.3 is 0 Å². The van der Waals surface area contributed by atoms with E-state index in [0.29, 0.717) is 0 Å². The minimum Gasteiger partial charge on any atom is -0.0877 e. The second-order valence-electron chi connectivity index (χ2n) is 5.28. The summed E-state index contributed by atoms with van der Waals surface area (Å²) in [7, 11) is 0. The lowest BCUT2D eigenvalue weighted by atomic mass is 9.93. The van der Waals surface area contributed by atoms with Crippen molar-refractivity contribution in [1.82, 2.24) is 0 Å². The van der Waals surface area contributed by atoms with E-state index in [9.17, 15) is 0 Å². The van der Waals surface area contributed by atoms with Crippen LogP contribution in [-0.4, -0.2) is 0 Å². The van der Waals surface area contributed by atoms with Gasteiger partial charge in [0.15, 0.2) is 0 Å². The molecule has 2 aromatic carbocycles. The average Bonchev–Trinajstić information content (AvgIpc) is 2.44. The molecule has 0 aliphatic rings. The lowest BCUT2D eigenvalue weighted by Gasteiger charge is -2.11. The number of rotatable bonds is 3. The van der Waals surface area contributed by atoms with E-state index in [2.05, 4.69) is 75.4 Å². The van der Waals surface area contributed by atoms with Crippen LogP contribution in [0, 0.1) is 20.8 Å². The number of allylic oxidation sites excluding steroid dienone is 3. The molecule has 0 amide bonds. The molecule has 102 valence electrons. The second-order valence-corrected chi connectivity index (χ2v) is 5.28. The van der Waals surface area contributed by atoms with Gasteiger partial charge in [0.05, 0.1) is 0 Å². The maximum atomic E-state index is 2.27. The van der Waals surface area contributed by atoms with Gasteiger partial charge in [0.25, 0.3) is 0 Å². The van der Waals surface area contributed by atoms with Crippen LogP contribution in [0.2, 0.25) is 0 Å². The molecule has 0 saturated carbocycles. The van der Waals surface area contributed by atoms with Gasteiger partial charge in [0.1, 0.15) is 0 Å². The maximum absolute atomic E-state index is 2.27. The quantitative estimate of drug-likeness (QED) is 0.607. The molecule has 0 bridgehead atoms. The van der Waals surface area contributed by atoms with Crippen LogP contribution >= 0.6 is 0 Å². The fraction of sp³-hybridized carbons (Fsp3) is 0.200. The van der Waals surface area contributed by atoms with Crippen LogP contribution in [0.25, 0.3) is 17.2 Å². The molecule has 0 saturated heterocycles. The molecule has 0 nitrogen and oxygen atoms in total. The van der Waals surface area contributed by atoms with E-state index in [0.717, 1.165) is 0 Å². The van der Waals surface area contributed by atoms with Crippen molar-refractivity contribution >= 4 is 6.08 Å². The Hall–Kier alpha value is -2.08. The summed E-state index contributed by atoms with van der Waals surface area (Å²) >= 11 is 0. The van der Waals surface area contributed by atoms with Gasteiger partial charge in [-0.2, -0.15) is 0 Å². The smallest absolute Gasteiger partial charge is 0.0146 e. The molecule has 0 aliphatic heterocycles. The largest absolute Gasteiger partial charge is 0.0877 e. The first-order chi connectivity index (χ1) is 9.61. The van der Waals surface area contributed by atoms with Crippen LogP contribution < -0.4 is 0 Å². The molecule has 20 heavy (non-hydrogen) atoms. The summed E-state index contributed by atoms with van der Waals surface area (Å²) in [6.45, 7) is 8.53. The minimum absolute atomic E-state index is 1.24. The zero-order chi connectivity index (χ0) is 14.5. The van der Waals surface area contributed by atoms with Crippen LogP contribution in [0.5, 0.6) is 0 Å². The SMILES string of the molecule is C/C=C\C=C/c1ccc(C)c(-c2cc(C)ccc2C)c1. The molecular formula is C20H22. The average molecular weight is 262 g/mol. The summed E-state index contributed by atoms with van der Waals surface area (Å²) in [4.78, 5) is 0. The molecule has 0 heterocycles. The van der Waals surface area contributed by atoms with E-state index in [4.69, 9.17) is 0 Å². The van der Waals surface area contributed by atoms with Crippen LogP contribution in [0.3, 0.4) is 0 Å². The number of hydrogen-bond donors (Lipinski definition) is 0. The van der Waals surface area contributed by atoms with Crippen LogP contribution in [0.1, 0.15) is 29.2 Å². The molecule has 0 spiro atoms. The topological polar surface area (TPSA) is 0 Å². The lowest BCUT2D eigenvalue weighted by Crippen LogP contribution is -1.89. The first-order valence-electron chi connectivity index (χ1n) is 7.09. The highest BCUT2D eigenvalue weighted by Gasteiger charge is 2.06. The fourth-order valence-corrected chi connectivity index (χ4v) is 2.34. The van der Waals surface area contributed by atoms with Gasteiger partial charge in [-0.25, -0.2) is 0 Å². The van der Waals surface area contributed by atoms with Gasteiger partial charge in [-0.05, 0) is 61.6 Å². The van der Waals surface area contributed by atoms with Crippen molar-refractivity contribution in [1.29, 1.82) is 0 Å². The molecule has 0 N–H and O–H groups in total. The Labute approximate surface area is 122 Å². The van der Waals surface area contributed by atoms with E-state index in [1.807, 2.05) is 13.0 Å². The van der Waals surface area contributed by atoms with Gasteiger partial charge in [-0.15, -0.1) is 0 Å². The van der Waals surface area contributed by atoms with Crippen molar-refractivity contribution in [2.75, 3.05) is 0 Å². The third-order valence-electron chi connectivity index (χ3n) is 3.54. The van der Waals surface area contributed by atoms with Crippen molar-refractivity contribution in [3.8, 4) is 11.1 Å². The second kappa shape index (κ2) is 6.38. The Morgan fingerprint density at radius 3 is 2.10 bits per heavy atom. The molecule has 0 unspecified atom stereocenters. The Balaban J connectivity index is 2.50. The maximum Gasteiger partial charge on any atom is -0.0146 e. The van der Waals surface area contributed by atoms with Crippen molar-refractivity contribution in [3.05, 3.63) is 76.9 Å². The van der Waals surface area contributed by atoms with Crippen molar-refractivity contribution in [2.24, 2.45) is 0 Å². The van der Waals surface area contributed by atoms with Crippen LogP contribution in [0.4, 0.5) is 0 Å². The van der Waals surface area contributed by atoms with Crippen LogP contribution in [0.15, 0.2) is 54.6 Å². The third kappa shape index (κ3) is 3.27. The highest BCUT2D eigenvalue weighted by molar-refractivity contribution is 5.73. The molecule has 2 rings (SSSR count). The molecule has 0 atom stereocenters. The Kier molecular flexibility index (Phi) is 4.57. The summed E-state index contributed by atoms with van der Waals surface area (Å²) < 4.78 is 0. The summed E-state index contributed by atoms with van der Waals surface area (Å²) in [6.07, 6.45) is 8.32. The molecule has 0 fully saturated rings. The predicted octanol–water partition coefficient (Wildman–Crippen LogP) is 5.87. The number of aryl methyl sites for hydroxylation is 3. The fourth-order valence-electron chi connectivity index (χ4n) is 2.34. The minimum atomic E-state index is 1.24. The van der Waals surface area contributed by atoms with Crippen molar-refractivity contribution in [3.63, 3.8) is 0 Å². The van der Waals surface area contributed by atoms with E-state index in [1.165, 1.54) is 33.4 Å². The highest BCUT2D eigenvalue weighted by Crippen LogP contribution is 2.28. The van der Waals surface area contributed by atoms with E-state index < -0.39 is 0 Å². The van der Waals surface area contributed by atoms with Crippen LogP contribution in [-0.2, 0) is 0 Å². The summed E-state index contributed by atoms with van der Waals surface area (Å²) in [5.74, 6) is 0. The van der Waals surface area contributed by atoms with Crippen molar-refractivity contribution < 1.29 is 0 Å². The summed E-state index contributed by atoms with van der Waals surface area (Å²) in [5.41, 5.74) is 7.86. The molecule has 0 heteroatoms. The Morgan fingerprint density at radius 1 is 0.750 bits per heavy atom. The van der Waals surface area contributed by atoms with Gasteiger partial charge >= 0.3 is 0 Å². The Bertz CT molecular complexity index is 658. The molecule has 2 aromatic rings. The normalized spacial score (nSPS) is 11.6. The van der Waals surface area contributed by atoms with Gasteiger partial charge in [0.2, 0.25) is 0 Å². The molecule has 0 aliphatic carbocycles. The zero-order valence-corrected chi connectivity index (χ0v) is 12.8. The molecule has 0 radical (unpaired) electrons. The molecular weight excluding hydrogens is 240 g/mol. The number of benzene rings is 2. The number of hydrogen-bond acceptors (Lipinski definition) is 0. The summed E-state index contributed by atoms with van der Waals surface area (Å²) in [5, 5.41) is 0. The van der Waals surface area contributed by atoms with Gasteiger partial charge in [0, 0.05) is 0 Å². The van der Waals surface area contributed by atoms with Crippen molar-refractivity contribution in [2.45, 2.75) is 27.7 Å². The first-order valence-corrected chi connectivity index (χ1v) is 7.09. The monoisotopic (exact) mass is 262 g/mol. The Morgan fingerprint density at radius 2 is 1.40 bits per heavy atom. The van der Waals surface area contributed by atoms with E-state index >= 15 is 0 Å². The first kappa shape index (κ1) is 14.3. The predicted molar refractivity (Wildman–Crippen MR) is 89.9 cm³/mol. The zero-order valence-electron chi connectivity index (χ0n) is 12.8.